The molecule has 138 valence electrons. The molecule has 1 spiro atoms. The van der Waals surface area contributed by atoms with Gasteiger partial charge in [0.1, 0.15) is 0 Å². The van der Waals surface area contributed by atoms with Gasteiger partial charge < -0.3 is 4.90 Å². The van der Waals surface area contributed by atoms with Gasteiger partial charge in [0, 0.05) is 17.7 Å². The first-order valence-corrected chi connectivity index (χ1v) is 10.6. The molecule has 0 radical (unpaired) electrons. The summed E-state index contributed by atoms with van der Waals surface area (Å²) >= 11 is 2.07. The highest BCUT2D eigenvalue weighted by atomic mass is 32.2. The normalized spacial score (nSPS) is 26.7. The molecular formula is C21H37NOS. The molecular weight excluding hydrogens is 314 g/mol. The second-order valence-electron chi connectivity index (χ2n) is 9.21. The van der Waals surface area contributed by atoms with Crippen LogP contribution < -0.4 is 0 Å². The van der Waals surface area contributed by atoms with Gasteiger partial charge in [0.25, 0.3) is 0 Å². The zero-order valence-corrected chi connectivity index (χ0v) is 17.5. The van der Waals surface area contributed by atoms with E-state index in [4.69, 9.17) is 0 Å². The van der Waals surface area contributed by atoms with Gasteiger partial charge in [-0.15, -0.1) is 11.8 Å². The summed E-state index contributed by atoms with van der Waals surface area (Å²) in [6.45, 7) is 14.5. The summed E-state index contributed by atoms with van der Waals surface area (Å²) in [5.41, 5.74) is 1.62. The van der Waals surface area contributed by atoms with Crippen molar-refractivity contribution < 1.29 is 4.79 Å². The van der Waals surface area contributed by atoms with E-state index >= 15 is 0 Å². The summed E-state index contributed by atoms with van der Waals surface area (Å²) in [5.74, 6) is 1.73. The predicted molar refractivity (Wildman–Crippen MR) is 106 cm³/mol. The highest BCUT2D eigenvalue weighted by molar-refractivity contribution is 8.02. The van der Waals surface area contributed by atoms with E-state index < -0.39 is 0 Å². The second kappa shape index (κ2) is 7.85. The lowest BCUT2D eigenvalue weighted by Crippen LogP contribution is -2.47. The summed E-state index contributed by atoms with van der Waals surface area (Å²) in [6.07, 6.45) is 10.00. The van der Waals surface area contributed by atoms with Gasteiger partial charge in [-0.2, -0.15) is 0 Å². The third kappa shape index (κ3) is 5.03. The van der Waals surface area contributed by atoms with Crippen molar-refractivity contribution in [2.24, 2.45) is 11.8 Å². The SMILES string of the molecule is CC(C)CC=C1CCC2(CC1)SC(C)(C)CN2C(=O)CCC(C)C. The van der Waals surface area contributed by atoms with Gasteiger partial charge >= 0.3 is 0 Å². The Morgan fingerprint density at radius 1 is 1.17 bits per heavy atom. The number of carbonyl (C=O) groups is 1. The average molecular weight is 352 g/mol. The summed E-state index contributed by atoms with van der Waals surface area (Å²) < 4.78 is 0.187. The quantitative estimate of drug-likeness (QED) is 0.564. The number of amides is 1. The predicted octanol–water partition coefficient (Wildman–Crippen LogP) is 6.02. The topological polar surface area (TPSA) is 20.3 Å². The van der Waals surface area contributed by atoms with Gasteiger partial charge in [0.2, 0.25) is 5.91 Å². The first-order valence-electron chi connectivity index (χ1n) is 9.82. The molecule has 2 fully saturated rings. The van der Waals surface area contributed by atoms with Crippen molar-refractivity contribution in [3.05, 3.63) is 11.6 Å². The monoisotopic (exact) mass is 351 g/mol. The second-order valence-corrected chi connectivity index (χ2v) is 11.3. The van der Waals surface area contributed by atoms with Crippen LogP contribution in [0.4, 0.5) is 0 Å². The van der Waals surface area contributed by atoms with Gasteiger partial charge in [0.05, 0.1) is 4.87 Å². The van der Waals surface area contributed by atoms with Crippen LogP contribution in [0.5, 0.6) is 0 Å². The van der Waals surface area contributed by atoms with Crippen LogP contribution in [0.1, 0.15) is 86.5 Å². The minimum absolute atomic E-state index is 0.0622. The van der Waals surface area contributed by atoms with E-state index in [2.05, 4.69) is 64.3 Å². The lowest BCUT2D eigenvalue weighted by Gasteiger charge is -2.41. The maximum atomic E-state index is 12.9. The molecule has 0 bridgehead atoms. The number of allylic oxidation sites excluding steroid dienone is 2. The van der Waals surface area contributed by atoms with E-state index in [1.807, 2.05) is 0 Å². The molecule has 0 aromatic rings. The fourth-order valence-corrected chi connectivity index (χ4v) is 5.84. The van der Waals surface area contributed by atoms with Gasteiger partial charge in [0.15, 0.2) is 0 Å². The standard InChI is InChI=1S/C21H37NOS/c1-16(2)7-9-18-11-13-21(14-12-18)22(15-20(5,6)24-21)19(23)10-8-17(3)4/h9,16-17H,7-8,10-15H2,1-6H3. The lowest BCUT2D eigenvalue weighted by molar-refractivity contribution is -0.135. The van der Waals surface area contributed by atoms with E-state index in [9.17, 15) is 4.79 Å². The number of thioether (sulfide) groups is 1. The number of rotatable bonds is 5. The number of nitrogens with zero attached hydrogens (tertiary/aromatic N) is 1. The number of hydrogen-bond acceptors (Lipinski definition) is 2. The van der Waals surface area contributed by atoms with Gasteiger partial charge in [-0.05, 0) is 64.2 Å². The van der Waals surface area contributed by atoms with Crippen molar-refractivity contribution in [1.29, 1.82) is 0 Å². The van der Waals surface area contributed by atoms with Crippen molar-refractivity contribution in [3.63, 3.8) is 0 Å². The Morgan fingerprint density at radius 3 is 2.33 bits per heavy atom. The molecule has 1 amide bonds. The highest BCUT2D eigenvalue weighted by Gasteiger charge is 2.52. The third-order valence-corrected chi connectivity index (χ3v) is 6.98. The molecule has 1 saturated heterocycles. The van der Waals surface area contributed by atoms with Crippen LogP contribution in [0, 0.1) is 11.8 Å². The van der Waals surface area contributed by atoms with Crippen molar-refractivity contribution in [3.8, 4) is 0 Å². The Kier molecular flexibility index (Phi) is 6.50. The van der Waals surface area contributed by atoms with Gasteiger partial charge in [-0.1, -0.05) is 39.3 Å². The number of carbonyl (C=O) groups excluding carboxylic acids is 1. The van der Waals surface area contributed by atoms with Crippen LogP contribution in [0.25, 0.3) is 0 Å². The van der Waals surface area contributed by atoms with Crippen LogP contribution >= 0.6 is 11.8 Å². The zero-order chi connectivity index (χ0) is 18.0. The minimum Gasteiger partial charge on any atom is -0.327 e. The van der Waals surface area contributed by atoms with E-state index in [1.54, 1.807) is 5.57 Å². The molecule has 2 aliphatic rings. The average Bonchev–Trinajstić information content (AvgIpc) is 2.75. The minimum atomic E-state index is 0.0622. The van der Waals surface area contributed by atoms with Crippen LogP contribution in [-0.2, 0) is 4.79 Å². The van der Waals surface area contributed by atoms with Crippen LogP contribution in [-0.4, -0.2) is 27.0 Å². The van der Waals surface area contributed by atoms with Crippen molar-refractivity contribution >= 4 is 17.7 Å². The molecule has 2 rings (SSSR count). The van der Waals surface area contributed by atoms with E-state index in [0.29, 0.717) is 18.2 Å². The van der Waals surface area contributed by atoms with E-state index in [0.717, 1.165) is 31.7 Å². The summed E-state index contributed by atoms with van der Waals surface area (Å²) in [7, 11) is 0. The highest BCUT2D eigenvalue weighted by Crippen LogP contribution is 2.55. The molecule has 1 aliphatic heterocycles. The molecule has 1 heterocycles. The molecule has 0 aromatic heterocycles. The Hall–Kier alpha value is -0.440. The third-order valence-electron chi connectivity index (χ3n) is 5.29. The molecule has 0 atom stereocenters. The van der Waals surface area contributed by atoms with E-state index in [1.165, 1.54) is 19.3 Å². The Balaban J connectivity index is 2.06. The zero-order valence-electron chi connectivity index (χ0n) is 16.7. The number of hydrogen-bond donors (Lipinski definition) is 0. The molecule has 1 saturated carbocycles. The Morgan fingerprint density at radius 2 is 1.79 bits per heavy atom. The van der Waals surface area contributed by atoms with Crippen LogP contribution in [0.2, 0.25) is 0 Å². The molecule has 2 nitrogen and oxygen atoms in total. The maximum absolute atomic E-state index is 12.9. The lowest BCUT2D eigenvalue weighted by atomic mass is 9.87. The van der Waals surface area contributed by atoms with Crippen LogP contribution in [0.15, 0.2) is 11.6 Å². The van der Waals surface area contributed by atoms with Crippen molar-refractivity contribution in [2.45, 2.75) is 96.1 Å². The summed E-state index contributed by atoms with van der Waals surface area (Å²) in [6, 6.07) is 0. The molecule has 0 aromatic carbocycles. The fraction of sp³-hybridized carbons (Fsp3) is 0.857. The smallest absolute Gasteiger partial charge is 0.223 e. The molecule has 1 aliphatic carbocycles. The van der Waals surface area contributed by atoms with Crippen molar-refractivity contribution in [2.75, 3.05) is 6.54 Å². The summed E-state index contributed by atoms with van der Waals surface area (Å²) in [5, 5.41) is 0. The fourth-order valence-electron chi connectivity index (χ4n) is 3.93. The molecule has 24 heavy (non-hydrogen) atoms. The van der Waals surface area contributed by atoms with Gasteiger partial charge in [-0.3, -0.25) is 4.79 Å². The first kappa shape index (κ1) is 19.9. The Labute approximate surface area is 153 Å². The van der Waals surface area contributed by atoms with E-state index in [-0.39, 0.29) is 9.62 Å². The first-order chi connectivity index (χ1) is 11.1. The summed E-state index contributed by atoms with van der Waals surface area (Å²) in [4.78, 5) is 15.2. The van der Waals surface area contributed by atoms with Gasteiger partial charge in [-0.25, -0.2) is 0 Å². The molecule has 3 heteroatoms. The molecule has 0 unspecified atom stereocenters. The maximum Gasteiger partial charge on any atom is 0.223 e. The van der Waals surface area contributed by atoms with Crippen LogP contribution in [0.3, 0.4) is 0 Å². The largest absolute Gasteiger partial charge is 0.327 e. The molecule has 0 N–H and O–H groups in total. The van der Waals surface area contributed by atoms with Crippen molar-refractivity contribution in [1.82, 2.24) is 4.90 Å². The Bertz CT molecular complexity index is 468.